The zero-order valence-corrected chi connectivity index (χ0v) is 15.6. The van der Waals surface area contributed by atoms with E-state index in [4.69, 9.17) is 0 Å². The Morgan fingerprint density at radius 1 is 1.04 bits per heavy atom. The molecule has 2 heterocycles. The second-order valence-corrected chi connectivity index (χ2v) is 9.88. The van der Waals surface area contributed by atoms with E-state index < -0.39 is 10.0 Å². The highest BCUT2D eigenvalue weighted by atomic mass is 32.2. The van der Waals surface area contributed by atoms with E-state index in [-0.39, 0.29) is 22.4 Å². The number of hydrogen-bond donors (Lipinski definition) is 0. The van der Waals surface area contributed by atoms with Gasteiger partial charge in [-0.15, -0.1) is 0 Å². The van der Waals surface area contributed by atoms with Crippen molar-refractivity contribution in [3.05, 3.63) is 29.8 Å². The molecule has 1 aromatic rings. The summed E-state index contributed by atoms with van der Waals surface area (Å²) >= 11 is 0. The maximum absolute atomic E-state index is 12.9. The second-order valence-electron chi connectivity index (χ2n) is 8.01. The number of piperidine rings is 1. The largest absolute Gasteiger partial charge is 0.334 e. The zero-order chi connectivity index (χ0) is 17.7. The van der Waals surface area contributed by atoms with Gasteiger partial charge in [-0.2, -0.15) is 0 Å². The molecular formula is C19H26N2O3S. The van der Waals surface area contributed by atoms with Crippen LogP contribution in [0.2, 0.25) is 0 Å². The highest BCUT2D eigenvalue weighted by Crippen LogP contribution is 2.46. The molecule has 5 nitrogen and oxygen atoms in total. The van der Waals surface area contributed by atoms with Crippen LogP contribution in [-0.4, -0.2) is 42.8 Å². The molecule has 6 heteroatoms. The molecule has 1 saturated carbocycles. The monoisotopic (exact) mass is 362 g/mol. The van der Waals surface area contributed by atoms with Crippen LogP contribution < -0.4 is 0 Å². The molecule has 0 N–H and O–H groups in total. The van der Waals surface area contributed by atoms with Crippen molar-refractivity contribution < 1.29 is 13.2 Å². The molecule has 136 valence electrons. The number of amides is 2. The molecule has 1 spiro atoms. The molecule has 1 aliphatic carbocycles. The van der Waals surface area contributed by atoms with E-state index >= 15 is 0 Å². The van der Waals surface area contributed by atoms with Crippen LogP contribution in [0.25, 0.3) is 0 Å². The SMILES string of the molecule is Cc1ccc(S(=O)(=O)N2CC3CCC4(CCCCC4)CN3C2=O)cc1. The van der Waals surface area contributed by atoms with Crippen molar-refractivity contribution in [2.75, 3.05) is 13.1 Å². The van der Waals surface area contributed by atoms with Gasteiger partial charge in [-0.05, 0) is 50.2 Å². The van der Waals surface area contributed by atoms with Gasteiger partial charge < -0.3 is 4.90 Å². The minimum atomic E-state index is -3.76. The summed E-state index contributed by atoms with van der Waals surface area (Å²) in [6.45, 7) is 2.95. The van der Waals surface area contributed by atoms with Gasteiger partial charge in [-0.3, -0.25) is 0 Å². The third-order valence-electron chi connectivity index (χ3n) is 6.31. The first-order valence-electron chi connectivity index (χ1n) is 9.31. The van der Waals surface area contributed by atoms with Crippen LogP contribution in [0.5, 0.6) is 0 Å². The summed E-state index contributed by atoms with van der Waals surface area (Å²) in [7, 11) is -3.76. The molecule has 0 aromatic heterocycles. The van der Waals surface area contributed by atoms with Gasteiger partial charge in [-0.25, -0.2) is 17.5 Å². The number of hydrogen-bond acceptors (Lipinski definition) is 3. The Balaban J connectivity index is 1.58. The standard InChI is InChI=1S/C19H26N2O3S/c1-15-5-7-17(8-6-15)25(23,24)21-13-16-9-12-19(10-3-2-4-11-19)14-20(16)18(21)22/h5-8,16H,2-4,9-14H2,1H3. The van der Waals surface area contributed by atoms with E-state index in [1.54, 1.807) is 24.3 Å². The van der Waals surface area contributed by atoms with Gasteiger partial charge in [-0.1, -0.05) is 37.0 Å². The molecule has 3 fully saturated rings. The number of aryl methyl sites for hydroxylation is 1. The summed E-state index contributed by atoms with van der Waals surface area (Å²) in [6, 6.07) is 6.46. The van der Waals surface area contributed by atoms with E-state index in [1.807, 2.05) is 11.8 Å². The first-order valence-corrected chi connectivity index (χ1v) is 10.8. The van der Waals surface area contributed by atoms with Crippen LogP contribution in [0, 0.1) is 12.3 Å². The lowest BCUT2D eigenvalue weighted by Gasteiger charge is -2.46. The van der Waals surface area contributed by atoms with Crippen molar-refractivity contribution in [1.29, 1.82) is 0 Å². The van der Waals surface area contributed by atoms with Crippen molar-refractivity contribution in [3.8, 4) is 0 Å². The summed E-state index contributed by atoms with van der Waals surface area (Å²) in [5, 5.41) is 0. The highest BCUT2D eigenvalue weighted by Gasteiger charge is 2.50. The third kappa shape index (κ3) is 2.84. The van der Waals surface area contributed by atoms with Crippen LogP contribution in [0.15, 0.2) is 29.2 Å². The first kappa shape index (κ1) is 16.9. The molecular weight excluding hydrogens is 336 g/mol. The summed E-state index contributed by atoms with van der Waals surface area (Å²) in [4.78, 5) is 15.0. The number of sulfonamides is 1. The summed E-state index contributed by atoms with van der Waals surface area (Å²) in [5.74, 6) is 0. The van der Waals surface area contributed by atoms with Gasteiger partial charge in [0.05, 0.1) is 17.5 Å². The van der Waals surface area contributed by atoms with Crippen molar-refractivity contribution in [2.45, 2.75) is 62.8 Å². The van der Waals surface area contributed by atoms with Gasteiger partial charge in [0, 0.05) is 6.54 Å². The molecule has 3 aliphatic rings. The van der Waals surface area contributed by atoms with E-state index in [1.165, 1.54) is 32.1 Å². The Bertz CT molecular complexity index is 766. The van der Waals surface area contributed by atoms with E-state index in [9.17, 15) is 13.2 Å². The quantitative estimate of drug-likeness (QED) is 0.809. The van der Waals surface area contributed by atoms with Crippen molar-refractivity contribution in [1.82, 2.24) is 9.21 Å². The molecule has 0 bridgehead atoms. The number of carbonyl (C=O) groups excluding carboxylic acids is 1. The zero-order valence-electron chi connectivity index (χ0n) is 14.8. The van der Waals surface area contributed by atoms with Crippen molar-refractivity contribution in [2.24, 2.45) is 5.41 Å². The lowest BCUT2D eigenvalue weighted by atomic mass is 9.68. The number of carbonyl (C=O) groups is 1. The number of urea groups is 1. The molecule has 2 amide bonds. The summed E-state index contributed by atoms with van der Waals surface area (Å²) in [5.41, 5.74) is 1.23. The average molecular weight is 362 g/mol. The molecule has 25 heavy (non-hydrogen) atoms. The van der Waals surface area contributed by atoms with Crippen LogP contribution in [0.3, 0.4) is 0 Å². The Morgan fingerprint density at radius 3 is 2.40 bits per heavy atom. The lowest BCUT2D eigenvalue weighted by Crippen LogP contribution is -2.49. The lowest BCUT2D eigenvalue weighted by molar-refractivity contribution is 0.0563. The van der Waals surface area contributed by atoms with Crippen molar-refractivity contribution >= 4 is 16.1 Å². The van der Waals surface area contributed by atoms with Gasteiger partial charge in [0.1, 0.15) is 0 Å². The van der Waals surface area contributed by atoms with E-state index in [0.717, 1.165) is 29.3 Å². The second kappa shape index (κ2) is 6.01. The summed E-state index contributed by atoms with van der Waals surface area (Å²) < 4.78 is 27.0. The minimum absolute atomic E-state index is 0.0419. The maximum Gasteiger partial charge on any atom is 0.334 e. The predicted octanol–water partition coefficient (Wildman–Crippen LogP) is 3.53. The fourth-order valence-electron chi connectivity index (χ4n) is 4.77. The van der Waals surface area contributed by atoms with Crippen LogP contribution in [-0.2, 0) is 10.0 Å². The molecule has 1 unspecified atom stereocenters. The number of nitrogens with zero attached hydrogens (tertiary/aromatic N) is 2. The van der Waals surface area contributed by atoms with Gasteiger partial charge >= 0.3 is 6.03 Å². The van der Waals surface area contributed by atoms with Gasteiger partial charge in [0.2, 0.25) is 0 Å². The highest BCUT2D eigenvalue weighted by molar-refractivity contribution is 7.89. The fraction of sp³-hybridized carbons (Fsp3) is 0.632. The normalized spacial score (nSPS) is 26.1. The van der Waals surface area contributed by atoms with Crippen LogP contribution in [0.4, 0.5) is 4.79 Å². The molecule has 2 aliphatic heterocycles. The fourth-order valence-corrected chi connectivity index (χ4v) is 6.19. The van der Waals surface area contributed by atoms with Crippen molar-refractivity contribution in [3.63, 3.8) is 0 Å². The molecule has 0 radical (unpaired) electrons. The predicted molar refractivity (Wildman–Crippen MR) is 95.7 cm³/mol. The van der Waals surface area contributed by atoms with Gasteiger partial charge in [0.15, 0.2) is 0 Å². The molecule has 1 atom stereocenters. The molecule has 4 rings (SSSR count). The van der Waals surface area contributed by atoms with Gasteiger partial charge in [0.25, 0.3) is 10.0 Å². The number of benzene rings is 1. The first-order chi connectivity index (χ1) is 11.9. The summed E-state index contributed by atoms with van der Waals surface area (Å²) in [6.07, 6.45) is 8.15. The number of rotatable bonds is 2. The average Bonchev–Trinajstić information content (AvgIpc) is 2.93. The Kier molecular flexibility index (Phi) is 4.06. The third-order valence-corrected chi connectivity index (χ3v) is 8.07. The Labute approximate surface area is 150 Å². The Morgan fingerprint density at radius 2 is 1.72 bits per heavy atom. The van der Waals surface area contributed by atoms with Crippen LogP contribution >= 0.6 is 0 Å². The maximum atomic E-state index is 12.9. The smallest absolute Gasteiger partial charge is 0.318 e. The Hall–Kier alpha value is -1.56. The van der Waals surface area contributed by atoms with Crippen LogP contribution in [0.1, 0.15) is 50.5 Å². The van der Waals surface area contributed by atoms with E-state index in [2.05, 4.69) is 0 Å². The molecule has 1 aromatic carbocycles. The number of fused-ring (bicyclic) bond motifs is 1. The molecule has 2 saturated heterocycles. The topological polar surface area (TPSA) is 57.7 Å². The minimum Gasteiger partial charge on any atom is -0.318 e. The van der Waals surface area contributed by atoms with E-state index in [0.29, 0.717) is 6.54 Å².